The van der Waals surface area contributed by atoms with Crippen LogP contribution in [-0.4, -0.2) is 27.4 Å². The molecule has 3 aromatic rings. The number of fused-ring (bicyclic) bond motifs is 1. The fourth-order valence-electron chi connectivity index (χ4n) is 3.00. The van der Waals surface area contributed by atoms with Crippen molar-refractivity contribution >= 4 is 22.9 Å². The molecule has 6 heteroatoms. The van der Waals surface area contributed by atoms with E-state index in [1.54, 1.807) is 24.0 Å². The highest BCUT2D eigenvalue weighted by atomic mass is 32.1. The number of carbonyl (C=O) groups excluding carboxylic acids is 1. The molecule has 0 bridgehead atoms. The minimum Gasteiger partial charge on any atom is -0.307 e. The Morgan fingerprint density at radius 1 is 1.29 bits per heavy atom. The Kier molecular flexibility index (Phi) is 3.82. The number of rotatable bonds is 2. The number of anilines is 1. The summed E-state index contributed by atoms with van der Waals surface area (Å²) in [4.78, 5) is 27.6. The fourth-order valence-corrected chi connectivity index (χ4v) is 3.75. The van der Waals surface area contributed by atoms with Crippen molar-refractivity contribution in [1.29, 1.82) is 0 Å². The molecular weight excluding hydrogens is 320 g/mol. The van der Waals surface area contributed by atoms with E-state index < -0.39 is 0 Å². The van der Waals surface area contributed by atoms with Crippen LogP contribution in [0.3, 0.4) is 0 Å². The quantitative estimate of drug-likeness (QED) is 0.715. The number of hydrogen-bond acceptors (Lipinski definition) is 5. The molecule has 1 aliphatic rings. The number of aromatic nitrogens is 3. The average Bonchev–Trinajstić information content (AvgIpc) is 3.13. The number of carbonyl (C=O) groups is 1. The second kappa shape index (κ2) is 6.13. The van der Waals surface area contributed by atoms with Gasteiger partial charge in [-0.1, -0.05) is 25.1 Å². The molecule has 2 aromatic heterocycles. The van der Waals surface area contributed by atoms with Gasteiger partial charge in [-0.15, -0.1) is 11.3 Å². The molecule has 24 heavy (non-hydrogen) atoms. The molecule has 0 saturated heterocycles. The number of amides is 1. The largest absolute Gasteiger partial charge is 0.307 e. The van der Waals surface area contributed by atoms with Crippen molar-refractivity contribution in [3.8, 4) is 10.7 Å². The molecule has 1 aromatic carbocycles. The van der Waals surface area contributed by atoms with E-state index in [0.717, 1.165) is 18.7 Å². The summed E-state index contributed by atoms with van der Waals surface area (Å²) >= 11 is 1.42. The third-order valence-corrected chi connectivity index (χ3v) is 5.16. The Morgan fingerprint density at radius 2 is 2.17 bits per heavy atom. The molecule has 120 valence electrons. The number of benzene rings is 1. The van der Waals surface area contributed by atoms with Gasteiger partial charge in [-0.2, -0.15) is 0 Å². The molecule has 5 nitrogen and oxygen atoms in total. The van der Waals surface area contributed by atoms with E-state index >= 15 is 0 Å². The SMILES string of the molecule is CC1CCN(C(=O)c2csc(-c3cnccn3)n2)c2ccccc21. The van der Waals surface area contributed by atoms with Gasteiger partial charge < -0.3 is 4.90 Å². The van der Waals surface area contributed by atoms with Gasteiger partial charge in [0.1, 0.15) is 16.4 Å². The Labute approximate surface area is 144 Å². The van der Waals surface area contributed by atoms with Crippen LogP contribution in [0.5, 0.6) is 0 Å². The standard InChI is InChI=1S/C18H16N4OS/c1-12-6-9-22(16-5-3-2-4-13(12)16)18(23)15-11-24-17(21-15)14-10-19-7-8-20-14/h2-5,7-8,10-12H,6,9H2,1H3. The molecule has 0 aliphatic carbocycles. The number of para-hydroxylation sites is 1. The number of nitrogens with zero attached hydrogens (tertiary/aromatic N) is 4. The minimum absolute atomic E-state index is 0.0549. The summed E-state index contributed by atoms with van der Waals surface area (Å²) in [5.74, 6) is 0.413. The van der Waals surface area contributed by atoms with Crippen molar-refractivity contribution in [3.05, 3.63) is 59.5 Å². The van der Waals surface area contributed by atoms with Crippen LogP contribution in [-0.2, 0) is 0 Å². The Balaban J connectivity index is 1.66. The van der Waals surface area contributed by atoms with Crippen LogP contribution in [0.4, 0.5) is 5.69 Å². The molecule has 1 unspecified atom stereocenters. The van der Waals surface area contributed by atoms with Gasteiger partial charge in [0.25, 0.3) is 5.91 Å². The molecule has 1 amide bonds. The predicted octanol–water partition coefficient (Wildman–Crippen LogP) is 3.75. The molecule has 0 N–H and O–H groups in total. The van der Waals surface area contributed by atoms with Gasteiger partial charge >= 0.3 is 0 Å². The summed E-state index contributed by atoms with van der Waals surface area (Å²) in [5, 5.41) is 2.51. The number of thiazole rings is 1. The van der Waals surface area contributed by atoms with E-state index in [9.17, 15) is 4.79 Å². The van der Waals surface area contributed by atoms with Crippen molar-refractivity contribution in [2.45, 2.75) is 19.3 Å². The number of hydrogen-bond donors (Lipinski definition) is 0. The summed E-state index contributed by atoms with van der Waals surface area (Å²) in [5.41, 5.74) is 3.37. The molecule has 0 spiro atoms. The molecular formula is C18H16N4OS. The van der Waals surface area contributed by atoms with E-state index in [-0.39, 0.29) is 5.91 Å². The third kappa shape index (κ3) is 2.59. The van der Waals surface area contributed by atoms with Crippen LogP contribution in [0, 0.1) is 0 Å². The van der Waals surface area contributed by atoms with Gasteiger partial charge in [0, 0.05) is 30.0 Å². The van der Waals surface area contributed by atoms with Gasteiger partial charge in [0.2, 0.25) is 0 Å². The summed E-state index contributed by atoms with van der Waals surface area (Å²) in [6, 6.07) is 8.12. The molecule has 3 heterocycles. The van der Waals surface area contributed by atoms with Crippen molar-refractivity contribution in [1.82, 2.24) is 15.0 Å². The first-order valence-corrected chi connectivity index (χ1v) is 8.74. The first-order valence-electron chi connectivity index (χ1n) is 7.87. The van der Waals surface area contributed by atoms with Gasteiger partial charge in [0.05, 0.1) is 6.20 Å². The molecule has 0 saturated carbocycles. The molecule has 1 atom stereocenters. The van der Waals surface area contributed by atoms with Crippen LogP contribution in [0.15, 0.2) is 48.2 Å². The Hall–Kier alpha value is -2.60. The molecule has 4 rings (SSSR count). The molecule has 0 radical (unpaired) electrons. The Morgan fingerprint density at radius 3 is 3.00 bits per heavy atom. The molecule has 0 fully saturated rings. The van der Waals surface area contributed by atoms with Crippen molar-refractivity contribution in [3.63, 3.8) is 0 Å². The van der Waals surface area contributed by atoms with E-state index in [2.05, 4.69) is 27.9 Å². The van der Waals surface area contributed by atoms with Gasteiger partial charge in [-0.25, -0.2) is 4.98 Å². The lowest BCUT2D eigenvalue weighted by Crippen LogP contribution is -2.36. The second-order valence-electron chi connectivity index (χ2n) is 5.83. The summed E-state index contributed by atoms with van der Waals surface area (Å²) < 4.78 is 0. The maximum absolute atomic E-state index is 12.9. The van der Waals surface area contributed by atoms with Gasteiger partial charge in [-0.3, -0.25) is 14.8 Å². The highest BCUT2D eigenvalue weighted by Crippen LogP contribution is 2.35. The summed E-state index contributed by atoms with van der Waals surface area (Å²) in [6.45, 7) is 2.92. The lowest BCUT2D eigenvalue weighted by molar-refractivity contribution is 0.0980. The maximum atomic E-state index is 12.9. The topological polar surface area (TPSA) is 59.0 Å². The van der Waals surface area contributed by atoms with E-state index in [1.165, 1.54) is 16.9 Å². The zero-order valence-electron chi connectivity index (χ0n) is 13.2. The normalized spacial score (nSPS) is 16.7. The van der Waals surface area contributed by atoms with Gasteiger partial charge in [0.15, 0.2) is 0 Å². The van der Waals surface area contributed by atoms with E-state index in [0.29, 0.717) is 22.3 Å². The fraction of sp³-hybridized carbons (Fsp3) is 0.222. The van der Waals surface area contributed by atoms with Crippen LogP contribution in [0.1, 0.15) is 35.3 Å². The van der Waals surface area contributed by atoms with Crippen molar-refractivity contribution < 1.29 is 4.79 Å². The highest BCUT2D eigenvalue weighted by Gasteiger charge is 2.28. The average molecular weight is 336 g/mol. The first kappa shape index (κ1) is 15.0. The lowest BCUT2D eigenvalue weighted by Gasteiger charge is -2.32. The van der Waals surface area contributed by atoms with Crippen LogP contribution < -0.4 is 4.90 Å². The van der Waals surface area contributed by atoms with Crippen LogP contribution >= 0.6 is 11.3 Å². The van der Waals surface area contributed by atoms with Crippen molar-refractivity contribution in [2.24, 2.45) is 0 Å². The van der Waals surface area contributed by atoms with Crippen LogP contribution in [0.25, 0.3) is 10.7 Å². The monoisotopic (exact) mass is 336 g/mol. The zero-order chi connectivity index (χ0) is 16.5. The van der Waals surface area contributed by atoms with E-state index in [1.807, 2.05) is 23.1 Å². The minimum atomic E-state index is -0.0549. The predicted molar refractivity (Wildman–Crippen MR) is 94.3 cm³/mol. The highest BCUT2D eigenvalue weighted by molar-refractivity contribution is 7.13. The second-order valence-corrected chi connectivity index (χ2v) is 6.69. The van der Waals surface area contributed by atoms with Gasteiger partial charge in [-0.05, 0) is 24.0 Å². The van der Waals surface area contributed by atoms with E-state index in [4.69, 9.17) is 0 Å². The van der Waals surface area contributed by atoms with Crippen LogP contribution in [0.2, 0.25) is 0 Å². The summed E-state index contributed by atoms with van der Waals surface area (Å²) in [7, 11) is 0. The Bertz CT molecular complexity index is 877. The maximum Gasteiger partial charge on any atom is 0.277 e. The first-order chi connectivity index (χ1) is 11.7. The molecule has 1 aliphatic heterocycles. The lowest BCUT2D eigenvalue weighted by atomic mass is 9.91. The van der Waals surface area contributed by atoms with Crippen molar-refractivity contribution in [2.75, 3.05) is 11.4 Å². The third-order valence-electron chi connectivity index (χ3n) is 4.29. The smallest absolute Gasteiger partial charge is 0.277 e. The summed E-state index contributed by atoms with van der Waals surface area (Å²) in [6.07, 6.45) is 5.87. The zero-order valence-corrected chi connectivity index (χ0v) is 14.0.